The lowest BCUT2D eigenvalue weighted by Crippen LogP contribution is -1.93. The number of fused-ring (bicyclic) bond motifs is 1. The molecule has 0 saturated carbocycles. The second kappa shape index (κ2) is 5.72. The van der Waals surface area contributed by atoms with Gasteiger partial charge in [-0.15, -0.1) is 11.3 Å². The average Bonchev–Trinajstić information content (AvgIpc) is 3.00. The summed E-state index contributed by atoms with van der Waals surface area (Å²) in [7, 11) is 0. The molecule has 0 aliphatic carbocycles. The number of hydrogen-bond donors (Lipinski definition) is 0. The van der Waals surface area contributed by atoms with Gasteiger partial charge in [0.05, 0.1) is 21.6 Å². The maximum absolute atomic E-state index is 13.6. The summed E-state index contributed by atoms with van der Waals surface area (Å²) in [5.74, 6) is -0.379. The number of pyridine rings is 3. The van der Waals surface area contributed by atoms with Crippen LogP contribution in [0.3, 0.4) is 0 Å². The number of thiazole rings is 1. The van der Waals surface area contributed by atoms with E-state index in [4.69, 9.17) is 0 Å². The van der Waals surface area contributed by atoms with E-state index in [2.05, 4.69) is 26.1 Å². The summed E-state index contributed by atoms with van der Waals surface area (Å²) in [5.41, 5.74) is 3.87. The van der Waals surface area contributed by atoms with E-state index in [1.54, 1.807) is 12.4 Å². The normalized spacial score (nSPS) is 11.1. The molecule has 0 N–H and O–H groups in total. The first-order valence-electron chi connectivity index (χ1n) is 7.34. The summed E-state index contributed by atoms with van der Waals surface area (Å²) in [6.07, 6.45) is 7.54. The predicted octanol–water partition coefficient (Wildman–Crippen LogP) is 4.37. The zero-order valence-corrected chi connectivity index (χ0v) is 13.9. The summed E-state index contributed by atoms with van der Waals surface area (Å²) in [5, 5.41) is 1.82. The molecule has 0 spiro atoms. The molecule has 4 heterocycles. The Morgan fingerprint density at radius 1 is 1.12 bits per heavy atom. The van der Waals surface area contributed by atoms with Crippen molar-refractivity contribution in [3.8, 4) is 21.7 Å². The van der Waals surface area contributed by atoms with Gasteiger partial charge >= 0.3 is 0 Å². The van der Waals surface area contributed by atoms with Crippen LogP contribution in [0.1, 0.15) is 10.7 Å². The van der Waals surface area contributed by atoms with Gasteiger partial charge in [-0.2, -0.15) is 0 Å². The van der Waals surface area contributed by atoms with Gasteiger partial charge in [-0.1, -0.05) is 6.07 Å². The van der Waals surface area contributed by atoms with Gasteiger partial charge in [0.15, 0.2) is 0 Å². The van der Waals surface area contributed by atoms with Gasteiger partial charge in [-0.25, -0.2) is 9.37 Å². The van der Waals surface area contributed by atoms with Gasteiger partial charge < -0.3 is 0 Å². The molecule has 24 heavy (non-hydrogen) atoms. The van der Waals surface area contributed by atoms with Crippen LogP contribution in [0.2, 0.25) is 0 Å². The molecule has 4 rings (SSSR count). The highest BCUT2D eigenvalue weighted by molar-refractivity contribution is 7.15. The van der Waals surface area contributed by atoms with E-state index in [1.165, 1.54) is 23.6 Å². The number of aromatic nitrogens is 4. The van der Waals surface area contributed by atoms with Crippen molar-refractivity contribution in [2.45, 2.75) is 13.8 Å². The SMILES string of the molecule is Cc1ccc2c(-c3cncc(F)c3)cnc(-c3[c]nc(C)s3)c2n1. The third-order valence-electron chi connectivity index (χ3n) is 3.67. The Kier molecular flexibility index (Phi) is 3.54. The Morgan fingerprint density at radius 3 is 2.75 bits per heavy atom. The van der Waals surface area contributed by atoms with Crippen LogP contribution in [-0.2, 0) is 0 Å². The van der Waals surface area contributed by atoms with E-state index < -0.39 is 0 Å². The number of halogens is 1. The highest BCUT2D eigenvalue weighted by Crippen LogP contribution is 2.34. The van der Waals surface area contributed by atoms with Crippen LogP contribution < -0.4 is 0 Å². The highest BCUT2D eigenvalue weighted by Gasteiger charge is 2.15. The second-order valence-corrected chi connectivity index (χ2v) is 6.64. The second-order valence-electron chi connectivity index (χ2n) is 5.43. The molecular weight excluding hydrogens is 323 g/mol. The third-order valence-corrected chi connectivity index (χ3v) is 4.54. The first-order chi connectivity index (χ1) is 11.6. The first kappa shape index (κ1) is 14.8. The van der Waals surface area contributed by atoms with Crippen molar-refractivity contribution in [1.82, 2.24) is 19.9 Å². The fraction of sp³-hybridized carbons (Fsp3) is 0.111. The van der Waals surface area contributed by atoms with Crippen LogP contribution in [0.5, 0.6) is 0 Å². The van der Waals surface area contributed by atoms with Crippen molar-refractivity contribution in [2.24, 2.45) is 0 Å². The van der Waals surface area contributed by atoms with Gasteiger partial charge in [-0.3, -0.25) is 15.0 Å². The molecule has 117 valence electrons. The van der Waals surface area contributed by atoms with Crippen LogP contribution in [0, 0.1) is 25.9 Å². The Balaban J connectivity index is 2.02. The van der Waals surface area contributed by atoms with Crippen molar-refractivity contribution in [1.29, 1.82) is 0 Å². The van der Waals surface area contributed by atoms with Gasteiger partial charge in [0.1, 0.15) is 17.7 Å². The lowest BCUT2D eigenvalue weighted by molar-refractivity contribution is 0.622. The smallest absolute Gasteiger partial charge is 0.142 e. The molecule has 1 radical (unpaired) electrons. The minimum Gasteiger partial charge on any atom is -0.261 e. The molecular formula is C18H12FN4S. The largest absolute Gasteiger partial charge is 0.261 e. The molecule has 6 heteroatoms. The van der Waals surface area contributed by atoms with Gasteiger partial charge in [0, 0.05) is 34.6 Å². The Hall–Kier alpha value is -2.73. The van der Waals surface area contributed by atoms with E-state index in [1.807, 2.05) is 26.0 Å². The number of aryl methyl sites for hydroxylation is 2. The average molecular weight is 335 g/mol. The van der Waals surface area contributed by atoms with E-state index in [0.717, 1.165) is 37.7 Å². The summed E-state index contributed by atoms with van der Waals surface area (Å²) < 4.78 is 13.6. The maximum Gasteiger partial charge on any atom is 0.142 e. The van der Waals surface area contributed by atoms with Crippen molar-refractivity contribution in [3.05, 3.63) is 59.5 Å². The molecule has 0 saturated heterocycles. The van der Waals surface area contributed by atoms with Crippen LogP contribution in [0.15, 0.2) is 36.8 Å². The minimum absolute atomic E-state index is 0.379. The molecule has 0 aromatic carbocycles. The molecule has 0 atom stereocenters. The molecule has 4 nitrogen and oxygen atoms in total. The first-order valence-corrected chi connectivity index (χ1v) is 8.16. The highest BCUT2D eigenvalue weighted by atomic mass is 32.1. The number of hydrogen-bond acceptors (Lipinski definition) is 5. The Labute approximate surface area is 142 Å². The van der Waals surface area contributed by atoms with Gasteiger partial charge in [0.2, 0.25) is 0 Å². The van der Waals surface area contributed by atoms with Crippen LogP contribution in [-0.4, -0.2) is 19.9 Å². The van der Waals surface area contributed by atoms with E-state index in [9.17, 15) is 4.39 Å². The zero-order chi connectivity index (χ0) is 16.7. The van der Waals surface area contributed by atoms with Crippen LogP contribution >= 0.6 is 11.3 Å². The van der Waals surface area contributed by atoms with Gasteiger partial charge in [-0.05, 0) is 26.0 Å². The summed E-state index contributed by atoms with van der Waals surface area (Å²) in [4.78, 5) is 18.2. The summed E-state index contributed by atoms with van der Waals surface area (Å²) in [6, 6.07) is 5.37. The van der Waals surface area contributed by atoms with Crippen molar-refractivity contribution in [2.75, 3.05) is 0 Å². The van der Waals surface area contributed by atoms with Crippen molar-refractivity contribution >= 4 is 22.2 Å². The van der Waals surface area contributed by atoms with Crippen LogP contribution in [0.4, 0.5) is 4.39 Å². The number of rotatable bonds is 2. The Bertz CT molecular complexity index is 1060. The van der Waals surface area contributed by atoms with Crippen molar-refractivity contribution in [3.63, 3.8) is 0 Å². The zero-order valence-electron chi connectivity index (χ0n) is 13.0. The fourth-order valence-corrected chi connectivity index (χ4v) is 3.32. The molecule has 0 bridgehead atoms. The van der Waals surface area contributed by atoms with E-state index >= 15 is 0 Å². The lowest BCUT2D eigenvalue weighted by atomic mass is 10.0. The molecule has 0 amide bonds. The molecule has 0 aliphatic rings. The quantitative estimate of drug-likeness (QED) is 0.546. The van der Waals surface area contributed by atoms with Gasteiger partial charge in [0.25, 0.3) is 0 Å². The molecule has 0 aliphatic heterocycles. The van der Waals surface area contributed by atoms with E-state index in [-0.39, 0.29) is 5.82 Å². The standard InChI is InChI=1S/C18H12FN4S/c1-10-3-4-14-15(12-5-13(19)7-20-6-12)8-22-18(17(14)23-10)16-9-21-11(2)24-16/h3-8H,1-2H3. The third kappa shape index (κ3) is 2.55. The number of nitrogens with zero attached hydrogens (tertiary/aromatic N) is 4. The van der Waals surface area contributed by atoms with E-state index in [0.29, 0.717) is 5.56 Å². The summed E-state index contributed by atoms with van der Waals surface area (Å²) >= 11 is 1.52. The maximum atomic E-state index is 13.6. The topological polar surface area (TPSA) is 51.6 Å². The van der Waals surface area contributed by atoms with Crippen LogP contribution in [0.25, 0.3) is 32.6 Å². The minimum atomic E-state index is -0.379. The molecule has 4 aromatic heterocycles. The predicted molar refractivity (Wildman–Crippen MR) is 92.1 cm³/mol. The molecule has 0 fully saturated rings. The fourth-order valence-electron chi connectivity index (χ4n) is 2.59. The van der Waals surface area contributed by atoms with Crippen molar-refractivity contribution < 1.29 is 4.39 Å². The lowest BCUT2D eigenvalue weighted by Gasteiger charge is -2.09. The monoisotopic (exact) mass is 335 g/mol. The summed E-state index contributed by atoms with van der Waals surface area (Å²) in [6.45, 7) is 3.86. The Morgan fingerprint density at radius 2 is 2.00 bits per heavy atom. The molecule has 4 aromatic rings. The molecule has 0 unspecified atom stereocenters.